The van der Waals surface area contributed by atoms with Gasteiger partial charge in [0, 0.05) is 29.3 Å². The van der Waals surface area contributed by atoms with Gasteiger partial charge in [-0.3, -0.25) is 0 Å². The minimum absolute atomic E-state index is 0.352. The molecule has 3 nitrogen and oxygen atoms in total. The molecule has 0 aliphatic rings. The zero-order valence-electron chi connectivity index (χ0n) is 11.2. The van der Waals surface area contributed by atoms with E-state index in [2.05, 4.69) is 33.2 Å². The quantitative estimate of drug-likeness (QED) is 0.798. The van der Waals surface area contributed by atoms with Gasteiger partial charge in [0.1, 0.15) is 11.6 Å². The number of nitrogens with one attached hydrogen (secondary N) is 1. The molecule has 20 heavy (non-hydrogen) atoms. The van der Waals surface area contributed by atoms with E-state index in [9.17, 15) is 4.39 Å². The smallest absolute Gasteiger partial charge is 0.219 e. The van der Waals surface area contributed by atoms with E-state index >= 15 is 0 Å². The minimum atomic E-state index is -0.352. The van der Waals surface area contributed by atoms with Crippen molar-refractivity contribution in [1.29, 1.82) is 0 Å². The van der Waals surface area contributed by atoms with Crippen LogP contribution in [0.2, 0.25) is 0 Å². The molecule has 0 spiro atoms. The maximum atomic E-state index is 13.2. The van der Waals surface area contributed by atoms with Crippen molar-refractivity contribution in [1.82, 2.24) is 10.3 Å². The van der Waals surface area contributed by atoms with E-state index in [0.717, 1.165) is 25.1 Å². The van der Waals surface area contributed by atoms with Crippen LogP contribution in [0.15, 0.2) is 41.0 Å². The van der Waals surface area contributed by atoms with Gasteiger partial charge in [0.15, 0.2) is 0 Å². The van der Waals surface area contributed by atoms with Crippen molar-refractivity contribution in [2.24, 2.45) is 0 Å². The molecule has 1 N–H and O–H groups in total. The van der Waals surface area contributed by atoms with Crippen LogP contribution in [-0.2, 0) is 6.54 Å². The highest BCUT2D eigenvalue weighted by atomic mass is 79.9. The molecule has 1 heterocycles. The lowest BCUT2D eigenvalue weighted by Crippen LogP contribution is -2.13. The standard InChI is InChI=1S/C15H16BrFN2O/c1-2-5-18-9-11-3-4-15(19-10-11)20-14-7-12(16)6-13(17)8-14/h3-4,6-8,10,18H,2,5,9H2,1H3. The third-order valence-electron chi connectivity index (χ3n) is 2.61. The largest absolute Gasteiger partial charge is 0.439 e. The van der Waals surface area contributed by atoms with Gasteiger partial charge in [-0.25, -0.2) is 9.37 Å². The maximum absolute atomic E-state index is 13.2. The van der Waals surface area contributed by atoms with Gasteiger partial charge in [-0.2, -0.15) is 0 Å². The van der Waals surface area contributed by atoms with Crippen molar-refractivity contribution in [3.63, 3.8) is 0 Å². The van der Waals surface area contributed by atoms with Crippen LogP contribution < -0.4 is 10.1 Å². The summed E-state index contributed by atoms with van der Waals surface area (Å²) >= 11 is 3.22. The Labute approximate surface area is 126 Å². The van der Waals surface area contributed by atoms with Gasteiger partial charge in [0.2, 0.25) is 5.88 Å². The number of rotatable bonds is 6. The third kappa shape index (κ3) is 4.58. The summed E-state index contributed by atoms with van der Waals surface area (Å²) in [5.41, 5.74) is 1.09. The molecule has 0 saturated heterocycles. The fourth-order valence-electron chi connectivity index (χ4n) is 1.69. The molecule has 2 aromatic rings. The Balaban J connectivity index is 1.99. The fourth-order valence-corrected chi connectivity index (χ4v) is 2.14. The highest BCUT2D eigenvalue weighted by molar-refractivity contribution is 9.10. The molecule has 2 rings (SSSR count). The molecular weight excluding hydrogens is 323 g/mol. The zero-order valence-corrected chi connectivity index (χ0v) is 12.8. The van der Waals surface area contributed by atoms with Crippen LogP contribution in [0.5, 0.6) is 11.6 Å². The summed E-state index contributed by atoms with van der Waals surface area (Å²) in [4.78, 5) is 4.21. The average molecular weight is 339 g/mol. The van der Waals surface area contributed by atoms with E-state index in [-0.39, 0.29) is 5.82 Å². The summed E-state index contributed by atoms with van der Waals surface area (Å²) in [6.07, 6.45) is 2.86. The molecule has 1 aromatic carbocycles. The van der Waals surface area contributed by atoms with Crippen LogP contribution in [-0.4, -0.2) is 11.5 Å². The van der Waals surface area contributed by atoms with Crippen molar-refractivity contribution in [2.75, 3.05) is 6.54 Å². The van der Waals surface area contributed by atoms with Gasteiger partial charge in [0.05, 0.1) is 0 Å². The monoisotopic (exact) mass is 338 g/mol. The second kappa shape index (κ2) is 7.36. The first-order valence-corrected chi connectivity index (χ1v) is 7.26. The molecule has 0 amide bonds. The fraction of sp³-hybridized carbons (Fsp3) is 0.267. The molecule has 0 radical (unpaired) electrons. The summed E-state index contributed by atoms with van der Waals surface area (Å²) in [6.45, 7) is 3.89. The van der Waals surface area contributed by atoms with E-state index in [1.165, 1.54) is 12.1 Å². The predicted molar refractivity (Wildman–Crippen MR) is 80.4 cm³/mol. The van der Waals surface area contributed by atoms with Crippen molar-refractivity contribution in [3.05, 3.63) is 52.4 Å². The Hall–Kier alpha value is -1.46. The van der Waals surface area contributed by atoms with E-state index in [1.807, 2.05) is 6.07 Å². The SMILES string of the molecule is CCCNCc1ccc(Oc2cc(F)cc(Br)c2)nc1. The van der Waals surface area contributed by atoms with E-state index in [0.29, 0.717) is 16.1 Å². The first-order chi connectivity index (χ1) is 9.67. The van der Waals surface area contributed by atoms with Crippen molar-refractivity contribution < 1.29 is 9.13 Å². The number of aromatic nitrogens is 1. The number of hydrogen-bond donors (Lipinski definition) is 1. The molecular formula is C15H16BrFN2O. The van der Waals surface area contributed by atoms with Gasteiger partial charge >= 0.3 is 0 Å². The number of benzene rings is 1. The Kier molecular flexibility index (Phi) is 5.49. The first-order valence-electron chi connectivity index (χ1n) is 6.47. The summed E-state index contributed by atoms with van der Waals surface area (Å²) < 4.78 is 19.4. The second-order valence-corrected chi connectivity index (χ2v) is 5.30. The predicted octanol–water partition coefficient (Wildman–Crippen LogP) is 4.28. The van der Waals surface area contributed by atoms with Crippen LogP contribution in [0.25, 0.3) is 0 Å². The number of pyridine rings is 1. The third-order valence-corrected chi connectivity index (χ3v) is 3.07. The van der Waals surface area contributed by atoms with Gasteiger partial charge in [-0.05, 0) is 30.7 Å². The Morgan fingerprint density at radius 2 is 2.15 bits per heavy atom. The average Bonchev–Trinajstić information content (AvgIpc) is 2.40. The molecule has 0 atom stereocenters. The van der Waals surface area contributed by atoms with Crippen LogP contribution in [0.4, 0.5) is 4.39 Å². The van der Waals surface area contributed by atoms with Crippen LogP contribution in [0.1, 0.15) is 18.9 Å². The molecule has 0 fully saturated rings. The van der Waals surface area contributed by atoms with Crippen molar-refractivity contribution >= 4 is 15.9 Å². The Morgan fingerprint density at radius 3 is 2.80 bits per heavy atom. The molecule has 0 bridgehead atoms. The van der Waals surface area contributed by atoms with Crippen molar-refractivity contribution in [2.45, 2.75) is 19.9 Å². The minimum Gasteiger partial charge on any atom is -0.439 e. The van der Waals surface area contributed by atoms with E-state index < -0.39 is 0 Å². The highest BCUT2D eigenvalue weighted by Crippen LogP contribution is 2.24. The van der Waals surface area contributed by atoms with Crippen LogP contribution in [0, 0.1) is 5.82 Å². The summed E-state index contributed by atoms with van der Waals surface area (Å²) in [5, 5.41) is 3.30. The number of nitrogens with zero attached hydrogens (tertiary/aromatic N) is 1. The Bertz CT molecular complexity index is 540. The number of halogens is 2. The molecule has 5 heteroatoms. The topological polar surface area (TPSA) is 34.1 Å². The maximum Gasteiger partial charge on any atom is 0.219 e. The molecule has 106 valence electrons. The lowest BCUT2D eigenvalue weighted by atomic mass is 10.3. The summed E-state index contributed by atoms with van der Waals surface area (Å²) in [7, 11) is 0. The molecule has 0 aliphatic heterocycles. The van der Waals surface area contributed by atoms with Crippen LogP contribution in [0.3, 0.4) is 0 Å². The number of ether oxygens (including phenoxy) is 1. The first kappa shape index (κ1) is 14.9. The normalized spacial score (nSPS) is 10.6. The van der Waals surface area contributed by atoms with Crippen LogP contribution >= 0.6 is 15.9 Å². The van der Waals surface area contributed by atoms with Gasteiger partial charge in [-0.15, -0.1) is 0 Å². The van der Waals surface area contributed by atoms with Gasteiger partial charge < -0.3 is 10.1 Å². The lowest BCUT2D eigenvalue weighted by molar-refractivity contribution is 0.457. The molecule has 0 aliphatic carbocycles. The zero-order chi connectivity index (χ0) is 14.4. The lowest BCUT2D eigenvalue weighted by Gasteiger charge is -2.07. The highest BCUT2D eigenvalue weighted by Gasteiger charge is 2.03. The summed E-state index contributed by atoms with van der Waals surface area (Å²) in [5.74, 6) is 0.512. The van der Waals surface area contributed by atoms with Crippen molar-refractivity contribution in [3.8, 4) is 11.6 Å². The second-order valence-electron chi connectivity index (χ2n) is 4.39. The molecule has 0 saturated carbocycles. The number of hydrogen-bond acceptors (Lipinski definition) is 3. The molecule has 1 aromatic heterocycles. The van der Waals surface area contributed by atoms with Gasteiger partial charge in [-0.1, -0.05) is 28.9 Å². The van der Waals surface area contributed by atoms with E-state index in [1.54, 1.807) is 18.3 Å². The van der Waals surface area contributed by atoms with Gasteiger partial charge in [0.25, 0.3) is 0 Å². The molecule has 0 unspecified atom stereocenters. The van der Waals surface area contributed by atoms with E-state index in [4.69, 9.17) is 4.74 Å². The Morgan fingerprint density at radius 1 is 1.30 bits per heavy atom. The summed E-state index contributed by atoms with van der Waals surface area (Å²) in [6, 6.07) is 8.12.